The number of amides is 1. The molecule has 0 heterocycles. The van der Waals surface area contributed by atoms with E-state index in [0.717, 1.165) is 17.0 Å². The number of carbonyl (C=O) groups excluding carboxylic acids is 1. The highest BCUT2D eigenvalue weighted by Gasteiger charge is 2.00. The lowest BCUT2D eigenvalue weighted by molar-refractivity contribution is -0.116. The van der Waals surface area contributed by atoms with Crippen molar-refractivity contribution in [1.82, 2.24) is 0 Å². The van der Waals surface area contributed by atoms with Gasteiger partial charge >= 0.3 is 0 Å². The van der Waals surface area contributed by atoms with Crippen LogP contribution >= 0.6 is 0 Å². The van der Waals surface area contributed by atoms with E-state index in [4.69, 9.17) is 10.5 Å². The number of nitrogens with two attached hydrogens (primary N) is 1. The van der Waals surface area contributed by atoms with Crippen molar-refractivity contribution in [3.8, 4) is 5.75 Å². The van der Waals surface area contributed by atoms with Crippen molar-refractivity contribution in [2.24, 2.45) is 5.73 Å². The fourth-order valence-corrected chi connectivity index (χ4v) is 1.14. The van der Waals surface area contributed by atoms with Gasteiger partial charge in [-0.25, -0.2) is 0 Å². The molecule has 0 fully saturated rings. The van der Waals surface area contributed by atoms with Gasteiger partial charge in [0.2, 0.25) is 5.91 Å². The lowest BCUT2D eigenvalue weighted by Gasteiger charge is -2.09. The average molecular weight is 194 g/mol. The summed E-state index contributed by atoms with van der Waals surface area (Å²) in [5.74, 6) is 0.423. The van der Waals surface area contributed by atoms with Crippen LogP contribution in [-0.2, 0) is 4.79 Å². The Morgan fingerprint density at radius 3 is 2.79 bits per heavy atom. The zero-order chi connectivity index (χ0) is 10.6. The third kappa shape index (κ3) is 2.65. The number of primary amides is 1. The molecule has 0 aromatic heterocycles. The van der Waals surface area contributed by atoms with Crippen LogP contribution in [0.4, 0.5) is 5.69 Å². The molecule has 4 nitrogen and oxygen atoms in total. The maximum Gasteiger partial charge on any atom is 0.236 e. The van der Waals surface area contributed by atoms with Gasteiger partial charge < -0.3 is 15.8 Å². The summed E-state index contributed by atoms with van der Waals surface area (Å²) in [6, 6.07) is 5.58. The number of anilines is 1. The van der Waals surface area contributed by atoms with Crippen molar-refractivity contribution in [2.75, 3.05) is 19.0 Å². The monoisotopic (exact) mass is 194 g/mol. The van der Waals surface area contributed by atoms with E-state index >= 15 is 0 Å². The van der Waals surface area contributed by atoms with Gasteiger partial charge in [0.15, 0.2) is 0 Å². The van der Waals surface area contributed by atoms with Crippen molar-refractivity contribution in [1.29, 1.82) is 0 Å². The van der Waals surface area contributed by atoms with Gasteiger partial charge in [0.25, 0.3) is 0 Å². The molecule has 0 aliphatic carbocycles. The standard InChI is InChI=1S/C10H14N2O2/c1-7-5-8(14-2)3-4-9(7)12-6-10(11)13/h3-5,12H,6H2,1-2H3,(H2,11,13). The van der Waals surface area contributed by atoms with Crippen LogP contribution in [0.15, 0.2) is 18.2 Å². The predicted molar refractivity (Wildman–Crippen MR) is 55.4 cm³/mol. The quantitative estimate of drug-likeness (QED) is 0.748. The Morgan fingerprint density at radius 2 is 2.29 bits per heavy atom. The molecule has 0 atom stereocenters. The largest absolute Gasteiger partial charge is 0.497 e. The molecule has 0 saturated carbocycles. The second-order valence-corrected chi connectivity index (χ2v) is 3.00. The van der Waals surface area contributed by atoms with Gasteiger partial charge in [-0.05, 0) is 30.7 Å². The Balaban J connectivity index is 2.73. The van der Waals surface area contributed by atoms with E-state index in [0.29, 0.717) is 0 Å². The van der Waals surface area contributed by atoms with Crippen molar-refractivity contribution < 1.29 is 9.53 Å². The van der Waals surface area contributed by atoms with Gasteiger partial charge in [0, 0.05) is 5.69 Å². The average Bonchev–Trinajstić information content (AvgIpc) is 2.15. The van der Waals surface area contributed by atoms with Crippen LogP contribution in [0.5, 0.6) is 5.75 Å². The highest BCUT2D eigenvalue weighted by molar-refractivity contribution is 5.79. The summed E-state index contributed by atoms with van der Waals surface area (Å²) in [5, 5.41) is 2.93. The SMILES string of the molecule is COc1ccc(NCC(N)=O)c(C)c1. The Labute approximate surface area is 83.1 Å². The van der Waals surface area contributed by atoms with Crippen LogP contribution in [0, 0.1) is 6.92 Å². The van der Waals surface area contributed by atoms with Crippen LogP contribution in [0.2, 0.25) is 0 Å². The molecule has 76 valence electrons. The third-order valence-electron chi connectivity index (χ3n) is 1.89. The smallest absolute Gasteiger partial charge is 0.236 e. The number of rotatable bonds is 4. The predicted octanol–water partition coefficient (Wildman–Crippen LogP) is 0.901. The van der Waals surface area contributed by atoms with E-state index in [1.54, 1.807) is 7.11 Å². The molecule has 0 radical (unpaired) electrons. The van der Waals surface area contributed by atoms with E-state index in [2.05, 4.69) is 5.32 Å². The Bertz CT molecular complexity index is 337. The normalized spacial score (nSPS) is 9.57. The lowest BCUT2D eigenvalue weighted by Crippen LogP contribution is -2.22. The topological polar surface area (TPSA) is 64.3 Å². The van der Waals surface area contributed by atoms with E-state index in [-0.39, 0.29) is 12.5 Å². The van der Waals surface area contributed by atoms with Gasteiger partial charge in [0.1, 0.15) is 5.75 Å². The first kappa shape index (κ1) is 10.4. The van der Waals surface area contributed by atoms with Gasteiger partial charge in [-0.2, -0.15) is 0 Å². The summed E-state index contributed by atoms with van der Waals surface area (Å²) >= 11 is 0. The molecule has 1 amide bonds. The second kappa shape index (κ2) is 4.50. The number of hydrogen-bond acceptors (Lipinski definition) is 3. The third-order valence-corrected chi connectivity index (χ3v) is 1.89. The van der Waals surface area contributed by atoms with E-state index in [1.165, 1.54) is 0 Å². The van der Waals surface area contributed by atoms with Gasteiger partial charge in [-0.3, -0.25) is 4.79 Å². The summed E-state index contributed by atoms with van der Waals surface area (Å²) in [6.45, 7) is 2.08. The van der Waals surface area contributed by atoms with Crippen LogP contribution in [0.1, 0.15) is 5.56 Å². The minimum atomic E-state index is -0.375. The first-order valence-corrected chi connectivity index (χ1v) is 4.30. The van der Waals surface area contributed by atoms with Crippen molar-refractivity contribution in [3.63, 3.8) is 0 Å². The van der Waals surface area contributed by atoms with E-state index in [9.17, 15) is 4.79 Å². The summed E-state index contributed by atoms with van der Waals surface area (Å²) in [6.07, 6.45) is 0. The number of carbonyl (C=O) groups is 1. The molecule has 0 saturated heterocycles. The molecule has 14 heavy (non-hydrogen) atoms. The number of nitrogens with one attached hydrogen (secondary N) is 1. The maximum absolute atomic E-state index is 10.5. The molecule has 3 N–H and O–H groups in total. The summed E-state index contributed by atoms with van der Waals surface area (Å²) < 4.78 is 5.06. The molecular formula is C10H14N2O2. The zero-order valence-corrected chi connectivity index (χ0v) is 8.33. The lowest BCUT2D eigenvalue weighted by atomic mass is 10.2. The Kier molecular flexibility index (Phi) is 3.34. The number of aryl methyl sites for hydroxylation is 1. The zero-order valence-electron chi connectivity index (χ0n) is 8.33. The number of benzene rings is 1. The van der Waals surface area contributed by atoms with Crippen LogP contribution in [0.3, 0.4) is 0 Å². The highest BCUT2D eigenvalue weighted by atomic mass is 16.5. The van der Waals surface area contributed by atoms with E-state index in [1.807, 2.05) is 25.1 Å². The summed E-state index contributed by atoms with van der Waals surface area (Å²) in [5.41, 5.74) is 6.93. The second-order valence-electron chi connectivity index (χ2n) is 3.00. The number of ether oxygens (including phenoxy) is 1. The highest BCUT2D eigenvalue weighted by Crippen LogP contribution is 2.20. The molecule has 0 aliphatic heterocycles. The molecular weight excluding hydrogens is 180 g/mol. The van der Waals surface area contributed by atoms with E-state index < -0.39 is 0 Å². The first-order chi connectivity index (χ1) is 6.63. The molecule has 1 aromatic carbocycles. The Hall–Kier alpha value is -1.71. The van der Waals surface area contributed by atoms with Crippen LogP contribution in [0.25, 0.3) is 0 Å². The van der Waals surface area contributed by atoms with Gasteiger partial charge in [-0.1, -0.05) is 0 Å². The molecule has 0 aliphatic rings. The van der Waals surface area contributed by atoms with Gasteiger partial charge in [0.05, 0.1) is 13.7 Å². The van der Waals surface area contributed by atoms with Crippen molar-refractivity contribution in [3.05, 3.63) is 23.8 Å². The van der Waals surface area contributed by atoms with Crippen LogP contribution in [-0.4, -0.2) is 19.6 Å². The summed E-state index contributed by atoms with van der Waals surface area (Å²) in [7, 11) is 1.62. The molecule has 0 unspecified atom stereocenters. The molecule has 0 bridgehead atoms. The molecule has 0 spiro atoms. The van der Waals surface area contributed by atoms with Crippen molar-refractivity contribution in [2.45, 2.75) is 6.92 Å². The summed E-state index contributed by atoms with van der Waals surface area (Å²) in [4.78, 5) is 10.5. The number of hydrogen-bond donors (Lipinski definition) is 2. The fourth-order valence-electron chi connectivity index (χ4n) is 1.14. The minimum absolute atomic E-state index is 0.146. The van der Waals surface area contributed by atoms with Crippen LogP contribution < -0.4 is 15.8 Å². The van der Waals surface area contributed by atoms with Crippen molar-refractivity contribution >= 4 is 11.6 Å². The van der Waals surface area contributed by atoms with Gasteiger partial charge in [-0.15, -0.1) is 0 Å². The Morgan fingerprint density at radius 1 is 1.57 bits per heavy atom. The molecule has 4 heteroatoms. The maximum atomic E-state index is 10.5. The first-order valence-electron chi connectivity index (χ1n) is 4.30. The molecule has 1 aromatic rings. The number of methoxy groups -OCH3 is 1. The fraction of sp³-hybridized carbons (Fsp3) is 0.300. The minimum Gasteiger partial charge on any atom is -0.497 e. The molecule has 1 rings (SSSR count).